The van der Waals surface area contributed by atoms with Gasteiger partial charge in [0.25, 0.3) is 0 Å². The van der Waals surface area contributed by atoms with Gasteiger partial charge in [0.2, 0.25) is 0 Å². The fraction of sp³-hybridized carbons (Fsp3) is 0.273. The van der Waals surface area contributed by atoms with Gasteiger partial charge in [-0.15, -0.1) is 0 Å². The van der Waals surface area contributed by atoms with Gasteiger partial charge in [0, 0.05) is 30.6 Å². The van der Waals surface area contributed by atoms with E-state index < -0.39 is 0 Å². The summed E-state index contributed by atoms with van der Waals surface area (Å²) >= 11 is 0. The zero-order valence-corrected chi connectivity index (χ0v) is 9.96. The van der Waals surface area contributed by atoms with Gasteiger partial charge in [-0.2, -0.15) is 10.2 Å². The molecular weight excluding hydrogens is 230 g/mol. The number of nitrogens with zero attached hydrogens (tertiary/aromatic N) is 5. The van der Waals surface area contributed by atoms with Crippen LogP contribution in [0.2, 0.25) is 0 Å². The molecule has 3 aromatic rings. The third-order valence-electron chi connectivity index (χ3n) is 2.58. The van der Waals surface area contributed by atoms with Crippen LogP contribution in [0.5, 0.6) is 0 Å². The molecule has 0 aliphatic carbocycles. The first-order valence-electron chi connectivity index (χ1n) is 5.67. The van der Waals surface area contributed by atoms with Crippen LogP contribution < -0.4 is 5.32 Å². The fourth-order valence-corrected chi connectivity index (χ4v) is 1.77. The standard InChI is InChI=1S/C11H13N7/c1-8-2-11-13-4-9(6-18(11)17-8)3-12-5-10-14-7-15-16-10/h2,4,6-7,12H,3,5H2,1H3,(H,14,15,16). The number of hydrogen-bond acceptors (Lipinski definition) is 5. The molecule has 0 unspecified atom stereocenters. The van der Waals surface area contributed by atoms with Crippen LogP contribution in [0.15, 0.2) is 24.8 Å². The molecule has 3 heterocycles. The average molecular weight is 243 g/mol. The van der Waals surface area contributed by atoms with Gasteiger partial charge in [-0.25, -0.2) is 14.5 Å². The molecule has 7 heteroatoms. The van der Waals surface area contributed by atoms with E-state index in [0.29, 0.717) is 13.1 Å². The van der Waals surface area contributed by atoms with Crippen molar-refractivity contribution in [2.45, 2.75) is 20.0 Å². The van der Waals surface area contributed by atoms with Crippen LogP contribution in [0.3, 0.4) is 0 Å². The van der Waals surface area contributed by atoms with Crippen molar-refractivity contribution in [1.82, 2.24) is 35.1 Å². The molecule has 0 radical (unpaired) electrons. The lowest BCUT2D eigenvalue weighted by Crippen LogP contribution is -2.14. The minimum absolute atomic E-state index is 0.649. The highest BCUT2D eigenvalue weighted by molar-refractivity contribution is 5.38. The van der Waals surface area contributed by atoms with Crippen molar-refractivity contribution in [3.63, 3.8) is 0 Å². The van der Waals surface area contributed by atoms with Crippen LogP contribution in [0.4, 0.5) is 0 Å². The molecule has 0 aliphatic heterocycles. The predicted octanol–water partition coefficient (Wildman–Crippen LogP) is 0.446. The zero-order chi connectivity index (χ0) is 12.4. The molecule has 92 valence electrons. The average Bonchev–Trinajstić information content (AvgIpc) is 2.96. The maximum atomic E-state index is 4.34. The van der Waals surface area contributed by atoms with Crippen molar-refractivity contribution in [2.24, 2.45) is 0 Å². The smallest absolute Gasteiger partial charge is 0.155 e. The van der Waals surface area contributed by atoms with Gasteiger partial charge >= 0.3 is 0 Å². The summed E-state index contributed by atoms with van der Waals surface area (Å²) in [5.41, 5.74) is 2.91. The van der Waals surface area contributed by atoms with Gasteiger partial charge in [-0.1, -0.05) is 0 Å². The molecule has 0 aliphatic rings. The largest absolute Gasteiger partial charge is 0.306 e. The second kappa shape index (κ2) is 4.53. The summed E-state index contributed by atoms with van der Waals surface area (Å²) in [4.78, 5) is 8.38. The zero-order valence-electron chi connectivity index (χ0n) is 9.96. The molecule has 0 spiro atoms. The second-order valence-electron chi connectivity index (χ2n) is 4.09. The molecule has 3 aromatic heterocycles. The Kier molecular flexibility index (Phi) is 2.73. The Morgan fingerprint density at radius 3 is 3.11 bits per heavy atom. The summed E-state index contributed by atoms with van der Waals surface area (Å²) in [5, 5.41) is 14.2. The number of aryl methyl sites for hydroxylation is 1. The van der Waals surface area contributed by atoms with Crippen LogP contribution in [-0.2, 0) is 13.1 Å². The van der Waals surface area contributed by atoms with Crippen LogP contribution in [0.1, 0.15) is 17.1 Å². The van der Waals surface area contributed by atoms with E-state index in [1.807, 2.05) is 25.4 Å². The van der Waals surface area contributed by atoms with Gasteiger partial charge in [0.05, 0.1) is 12.2 Å². The Morgan fingerprint density at radius 2 is 2.28 bits per heavy atom. The van der Waals surface area contributed by atoms with Crippen LogP contribution >= 0.6 is 0 Å². The van der Waals surface area contributed by atoms with Gasteiger partial charge in [-0.3, -0.25) is 5.10 Å². The Balaban J connectivity index is 1.67. The first kappa shape index (κ1) is 10.8. The monoisotopic (exact) mass is 243 g/mol. The summed E-state index contributed by atoms with van der Waals surface area (Å²) in [6, 6.07) is 1.95. The van der Waals surface area contributed by atoms with Crippen molar-refractivity contribution < 1.29 is 0 Å². The Labute approximate surface area is 103 Å². The fourth-order valence-electron chi connectivity index (χ4n) is 1.77. The minimum atomic E-state index is 0.649. The highest BCUT2D eigenvalue weighted by Crippen LogP contribution is 2.04. The lowest BCUT2D eigenvalue weighted by atomic mass is 10.3. The van der Waals surface area contributed by atoms with Gasteiger partial charge in [0.1, 0.15) is 12.2 Å². The summed E-state index contributed by atoms with van der Waals surface area (Å²) in [5.74, 6) is 0.818. The van der Waals surface area contributed by atoms with Crippen molar-refractivity contribution in [3.8, 4) is 0 Å². The lowest BCUT2D eigenvalue weighted by Gasteiger charge is -2.02. The minimum Gasteiger partial charge on any atom is -0.306 e. The summed E-state index contributed by atoms with van der Waals surface area (Å²) in [7, 11) is 0. The van der Waals surface area contributed by atoms with E-state index in [0.717, 1.165) is 22.7 Å². The SMILES string of the molecule is Cc1cc2ncc(CNCc3ncn[nH]3)cn2n1. The van der Waals surface area contributed by atoms with Crippen LogP contribution in [0, 0.1) is 6.92 Å². The maximum absolute atomic E-state index is 4.34. The predicted molar refractivity (Wildman–Crippen MR) is 64.7 cm³/mol. The van der Waals surface area contributed by atoms with E-state index in [9.17, 15) is 0 Å². The molecule has 0 bridgehead atoms. The van der Waals surface area contributed by atoms with Crippen molar-refractivity contribution >= 4 is 5.65 Å². The molecule has 0 aromatic carbocycles. The first-order valence-corrected chi connectivity index (χ1v) is 5.67. The molecular formula is C11H13N7. The number of rotatable bonds is 4. The van der Waals surface area contributed by atoms with Crippen molar-refractivity contribution in [2.75, 3.05) is 0 Å². The molecule has 0 amide bonds. The number of H-pyrrole nitrogens is 1. The molecule has 18 heavy (non-hydrogen) atoms. The normalized spacial score (nSPS) is 11.2. The molecule has 7 nitrogen and oxygen atoms in total. The highest BCUT2D eigenvalue weighted by atomic mass is 15.2. The van der Waals surface area contributed by atoms with Crippen LogP contribution in [0.25, 0.3) is 5.65 Å². The third kappa shape index (κ3) is 2.21. The van der Waals surface area contributed by atoms with Crippen molar-refractivity contribution in [3.05, 3.63) is 41.9 Å². The van der Waals surface area contributed by atoms with E-state index in [4.69, 9.17) is 0 Å². The van der Waals surface area contributed by atoms with E-state index in [-0.39, 0.29) is 0 Å². The number of aromatic amines is 1. The van der Waals surface area contributed by atoms with Crippen LogP contribution in [-0.4, -0.2) is 29.8 Å². The quantitative estimate of drug-likeness (QED) is 0.695. The van der Waals surface area contributed by atoms with E-state index in [1.54, 1.807) is 4.52 Å². The first-order chi connectivity index (χ1) is 8.81. The summed E-state index contributed by atoms with van der Waals surface area (Å²) in [6.45, 7) is 3.31. The molecule has 0 saturated carbocycles. The van der Waals surface area contributed by atoms with Gasteiger partial charge < -0.3 is 5.32 Å². The van der Waals surface area contributed by atoms with E-state index in [1.165, 1.54) is 6.33 Å². The van der Waals surface area contributed by atoms with Gasteiger partial charge in [0.15, 0.2) is 5.65 Å². The number of aromatic nitrogens is 6. The molecule has 3 rings (SSSR count). The Hall–Kier alpha value is -2.28. The molecule has 0 atom stereocenters. The summed E-state index contributed by atoms with van der Waals surface area (Å²) in [6.07, 6.45) is 5.32. The van der Waals surface area contributed by atoms with Crippen molar-refractivity contribution in [1.29, 1.82) is 0 Å². The lowest BCUT2D eigenvalue weighted by molar-refractivity contribution is 0.659. The van der Waals surface area contributed by atoms with E-state index in [2.05, 4.69) is 30.6 Å². The maximum Gasteiger partial charge on any atom is 0.155 e. The molecule has 0 fully saturated rings. The number of hydrogen-bond donors (Lipinski definition) is 2. The van der Waals surface area contributed by atoms with E-state index >= 15 is 0 Å². The molecule has 2 N–H and O–H groups in total. The number of fused-ring (bicyclic) bond motifs is 1. The summed E-state index contributed by atoms with van der Waals surface area (Å²) < 4.78 is 1.79. The number of nitrogens with one attached hydrogen (secondary N) is 2. The van der Waals surface area contributed by atoms with Gasteiger partial charge in [-0.05, 0) is 6.92 Å². The molecule has 0 saturated heterocycles. The third-order valence-corrected chi connectivity index (χ3v) is 2.58. The topological polar surface area (TPSA) is 83.8 Å². The second-order valence-corrected chi connectivity index (χ2v) is 4.09. The highest BCUT2D eigenvalue weighted by Gasteiger charge is 2.01. The Bertz CT molecular complexity index is 641. The Morgan fingerprint density at radius 1 is 1.33 bits per heavy atom.